The van der Waals surface area contributed by atoms with Crippen LogP contribution in [0, 0.1) is 0 Å². The highest BCUT2D eigenvalue weighted by Gasteiger charge is 2.13. The zero-order chi connectivity index (χ0) is 13.9. The van der Waals surface area contributed by atoms with E-state index in [0.29, 0.717) is 11.6 Å². The van der Waals surface area contributed by atoms with Gasteiger partial charge in [-0.25, -0.2) is 8.42 Å². The minimum Gasteiger partial charge on any atom is -0.280 e. The summed E-state index contributed by atoms with van der Waals surface area (Å²) in [5.41, 5.74) is 1.70. The first-order chi connectivity index (χ1) is 8.99. The van der Waals surface area contributed by atoms with Crippen molar-refractivity contribution in [1.82, 2.24) is 0 Å². The molecule has 2 rings (SSSR count). The summed E-state index contributed by atoms with van der Waals surface area (Å²) in [6.45, 7) is 4.15. The molecule has 0 aliphatic heterocycles. The molecule has 0 amide bonds. The number of sulfonamides is 1. The van der Waals surface area contributed by atoms with E-state index in [9.17, 15) is 8.42 Å². The quantitative estimate of drug-likeness (QED) is 0.926. The van der Waals surface area contributed by atoms with Gasteiger partial charge in [-0.2, -0.15) is 0 Å². The smallest absolute Gasteiger partial charge is 0.261 e. The van der Waals surface area contributed by atoms with Crippen molar-refractivity contribution in [3.63, 3.8) is 0 Å². The van der Waals surface area contributed by atoms with Crippen molar-refractivity contribution in [2.75, 3.05) is 4.72 Å². The van der Waals surface area contributed by atoms with E-state index in [1.54, 1.807) is 36.4 Å². The van der Waals surface area contributed by atoms with Crippen LogP contribution in [0.1, 0.15) is 25.3 Å². The lowest BCUT2D eigenvalue weighted by molar-refractivity contribution is 0.601. The Morgan fingerprint density at radius 2 is 1.63 bits per heavy atom. The van der Waals surface area contributed by atoms with Crippen LogP contribution in [0.2, 0.25) is 0 Å². The van der Waals surface area contributed by atoms with Gasteiger partial charge in [0.05, 0.1) is 4.90 Å². The Balaban J connectivity index is 2.29. The molecule has 0 aliphatic carbocycles. The summed E-state index contributed by atoms with van der Waals surface area (Å²) in [6, 6.07) is 15.8. The summed E-state index contributed by atoms with van der Waals surface area (Å²) in [5, 5.41) is 0. The van der Waals surface area contributed by atoms with Gasteiger partial charge < -0.3 is 0 Å². The molecule has 3 nitrogen and oxygen atoms in total. The summed E-state index contributed by atoms with van der Waals surface area (Å²) in [7, 11) is -3.51. The predicted octanol–water partition coefficient (Wildman–Crippen LogP) is 3.61. The van der Waals surface area contributed by atoms with Crippen molar-refractivity contribution in [3.8, 4) is 0 Å². The number of benzene rings is 2. The van der Waals surface area contributed by atoms with Gasteiger partial charge in [-0.1, -0.05) is 44.2 Å². The highest BCUT2D eigenvalue weighted by molar-refractivity contribution is 7.92. The highest BCUT2D eigenvalue weighted by Crippen LogP contribution is 2.21. The van der Waals surface area contributed by atoms with Crippen LogP contribution in [0.4, 0.5) is 5.69 Å². The fourth-order valence-corrected chi connectivity index (χ4v) is 2.85. The van der Waals surface area contributed by atoms with Crippen molar-refractivity contribution in [2.45, 2.75) is 24.7 Å². The minimum atomic E-state index is -3.51. The van der Waals surface area contributed by atoms with E-state index in [1.807, 2.05) is 18.2 Å². The topological polar surface area (TPSA) is 46.2 Å². The van der Waals surface area contributed by atoms with E-state index in [1.165, 1.54) is 0 Å². The molecule has 2 aromatic rings. The van der Waals surface area contributed by atoms with Crippen LogP contribution >= 0.6 is 0 Å². The van der Waals surface area contributed by atoms with E-state index in [2.05, 4.69) is 18.6 Å². The maximum Gasteiger partial charge on any atom is 0.261 e. The average molecular weight is 275 g/mol. The molecule has 0 aliphatic rings. The first kappa shape index (κ1) is 13.6. The lowest BCUT2D eigenvalue weighted by Gasteiger charge is -2.11. The third-order valence-electron chi connectivity index (χ3n) is 2.86. The third-order valence-corrected chi connectivity index (χ3v) is 4.26. The third kappa shape index (κ3) is 3.35. The van der Waals surface area contributed by atoms with Gasteiger partial charge in [0.25, 0.3) is 10.0 Å². The Morgan fingerprint density at radius 1 is 0.947 bits per heavy atom. The van der Waals surface area contributed by atoms with E-state index in [4.69, 9.17) is 0 Å². The van der Waals surface area contributed by atoms with Crippen LogP contribution in [-0.4, -0.2) is 8.42 Å². The largest absolute Gasteiger partial charge is 0.280 e. The van der Waals surface area contributed by atoms with Crippen LogP contribution < -0.4 is 4.72 Å². The molecule has 19 heavy (non-hydrogen) atoms. The van der Waals surface area contributed by atoms with Gasteiger partial charge in [0.2, 0.25) is 0 Å². The van der Waals surface area contributed by atoms with Crippen LogP contribution in [0.3, 0.4) is 0 Å². The standard InChI is InChI=1S/C15H17NO2S/c1-12(2)13-7-6-8-14(11-13)16-19(17,18)15-9-4-3-5-10-15/h3-12,16H,1-2H3. The fourth-order valence-electron chi connectivity index (χ4n) is 1.77. The Labute approximate surface area is 114 Å². The Hall–Kier alpha value is -1.81. The van der Waals surface area contributed by atoms with E-state index in [-0.39, 0.29) is 4.90 Å². The van der Waals surface area contributed by atoms with E-state index in [0.717, 1.165) is 5.56 Å². The van der Waals surface area contributed by atoms with Crippen molar-refractivity contribution < 1.29 is 8.42 Å². The van der Waals surface area contributed by atoms with E-state index >= 15 is 0 Å². The van der Waals surface area contributed by atoms with Gasteiger partial charge in [0.1, 0.15) is 0 Å². The van der Waals surface area contributed by atoms with Crippen LogP contribution in [-0.2, 0) is 10.0 Å². The zero-order valence-corrected chi connectivity index (χ0v) is 11.8. The molecule has 0 unspecified atom stereocenters. The van der Waals surface area contributed by atoms with Gasteiger partial charge in [0.15, 0.2) is 0 Å². The molecule has 0 saturated heterocycles. The van der Waals surface area contributed by atoms with Crippen molar-refractivity contribution in [1.29, 1.82) is 0 Å². The van der Waals surface area contributed by atoms with Gasteiger partial charge >= 0.3 is 0 Å². The molecular weight excluding hydrogens is 258 g/mol. The van der Waals surface area contributed by atoms with Gasteiger partial charge in [-0.15, -0.1) is 0 Å². The molecule has 0 radical (unpaired) electrons. The molecule has 2 aromatic carbocycles. The first-order valence-electron chi connectivity index (χ1n) is 6.17. The normalized spacial score (nSPS) is 11.5. The number of hydrogen-bond acceptors (Lipinski definition) is 2. The molecule has 0 saturated carbocycles. The van der Waals surface area contributed by atoms with Gasteiger partial charge in [-0.3, -0.25) is 4.72 Å². The van der Waals surface area contributed by atoms with Crippen molar-refractivity contribution in [3.05, 3.63) is 60.2 Å². The highest BCUT2D eigenvalue weighted by atomic mass is 32.2. The van der Waals surface area contributed by atoms with Crippen molar-refractivity contribution in [2.24, 2.45) is 0 Å². The zero-order valence-electron chi connectivity index (χ0n) is 11.0. The van der Waals surface area contributed by atoms with Gasteiger partial charge in [0, 0.05) is 5.69 Å². The molecule has 100 valence electrons. The summed E-state index contributed by atoms with van der Waals surface area (Å²) < 4.78 is 26.9. The average Bonchev–Trinajstić information content (AvgIpc) is 2.39. The Kier molecular flexibility index (Phi) is 3.90. The SMILES string of the molecule is CC(C)c1cccc(NS(=O)(=O)c2ccccc2)c1. The second-order valence-electron chi connectivity index (χ2n) is 4.70. The molecule has 0 spiro atoms. The Bertz CT molecular complexity index is 649. The van der Waals surface area contributed by atoms with Crippen LogP contribution in [0.15, 0.2) is 59.5 Å². The number of rotatable bonds is 4. The maximum atomic E-state index is 12.2. The molecule has 0 bridgehead atoms. The molecule has 0 heterocycles. The molecule has 0 aromatic heterocycles. The second-order valence-corrected chi connectivity index (χ2v) is 6.38. The summed E-state index contributed by atoms with van der Waals surface area (Å²) in [6.07, 6.45) is 0. The summed E-state index contributed by atoms with van der Waals surface area (Å²) >= 11 is 0. The fraction of sp³-hybridized carbons (Fsp3) is 0.200. The monoisotopic (exact) mass is 275 g/mol. The molecular formula is C15H17NO2S. The second kappa shape index (κ2) is 5.45. The lowest BCUT2D eigenvalue weighted by Crippen LogP contribution is -2.12. The molecule has 1 N–H and O–H groups in total. The minimum absolute atomic E-state index is 0.268. The summed E-state index contributed by atoms with van der Waals surface area (Å²) in [4.78, 5) is 0.268. The molecule has 4 heteroatoms. The Morgan fingerprint density at radius 3 is 2.26 bits per heavy atom. The van der Waals surface area contributed by atoms with E-state index < -0.39 is 10.0 Å². The molecule has 0 fully saturated rings. The molecule has 0 atom stereocenters. The number of nitrogens with one attached hydrogen (secondary N) is 1. The predicted molar refractivity (Wildman–Crippen MR) is 77.8 cm³/mol. The van der Waals surface area contributed by atoms with Crippen LogP contribution in [0.5, 0.6) is 0 Å². The van der Waals surface area contributed by atoms with Crippen molar-refractivity contribution >= 4 is 15.7 Å². The van der Waals surface area contributed by atoms with Gasteiger partial charge in [-0.05, 0) is 35.7 Å². The number of hydrogen-bond donors (Lipinski definition) is 1. The maximum absolute atomic E-state index is 12.2. The summed E-state index contributed by atoms with van der Waals surface area (Å²) in [5.74, 6) is 0.362. The number of anilines is 1. The van der Waals surface area contributed by atoms with Crippen LogP contribution in [0.25, 0.3) is 0 Å². The first-order valence-corrected chi connectivity index (χ1v) is 7.65. The lowest BCUT2D eigenvalue weighted by atomic mass is 10.0.